The number of benzene rings is 2. The van der Waals surface area contributed by atoms with Gasteiger partial charge in [0, 0.05) is 25.2 Å². The second-order valence-corrected chi connectivity index (χ2v) is 8.41. The predicted octanol–water partition coefficient (Wildman–Crippen LogP) is 3.20. The summed E-state index contributed by atoms with van der Waals surface area (Å²) in [5, 5.41) is 0. The van der Waals surface area contributed by atoms with E-state index in [0.29, 0.717) is 17.7 Å². The van der Waals surface area contributed by atoms with E-state index in [2.05, 4.69) is 0 Å². The minimum Gasteiger partial charge on any atom is -0.308 e. The van der Waals surface area contributed by atoms with Crippen LogP contribution in [0.4, 0.5) is 4.39 Å². The summed E-state index contributed by atoms with van der Waals surface area (Å²) >= 11 is 0. The number of likely N-dealkylation sites (N-methyl/N-ethyl adjacent to an activating group) is 1. The van der Waals surface area contributed by atoms with Crippen LogP contribution >= 0.6 is 0 Å². The molecule has 0 bridgehead atoms. The van der Waals surface area contributed by atoms with Crippen molar-refractivity contribution in [1.29, 1.82) is 0 Å². The van der Waals surface area contributed by atoms with E-state index >= 15 is 0 Å². The molecule has 0 aliphatic heterocycles. The van der Waals surface area contributed by atoms with Crippen LogP contribution in [0.1, 0.15) is 16.7 Å². The molecule has 0 saturated carbocycles. The third-order valence-electron chi connectivity index (χ3n) is 4.05. The van der Waals surface area contributed by atoms with Crippen molar-refractivity contribution in [3.8, 4) is 0 Å². The maximum absolute atomic E-state index is 14.0. The Hall–Kier alpha value is -1.76. The van der Waals surface area contributed by atoms with E-state index in [4.69, 9.17) is 0 Å². The minimum atomic E-state index is -3.72. The van der Waals surface area contributed by atoms with Gasteiger partial charge in [-0.05, 0) is 45.6 Å². The van der Waals surface area contributed by atoms with Crippen LogP contribution in [0.15, 0.2) is 47.4 Å². The number of rotatable bonds is 7. The van der Waals surface area contributed by atoms with Crippen LogP contribution < -0.4 is 0 Å². The third kappa shape index (κ3) is 4.87. The van der Waals surface area contributed by atoms with E-state index in [1.54, 1.807) is 37.3 Å². The van der Waals surface area contributed by atoms with Crippen molar-refractivity contribution in [3.05, 3.63) is 65.0 Å². The molecule has 0 heterocycles. The highest BCUT2D eigenvalue weighted by Gasteiger charge is 2.27. The van der Waals surface area contributed by atoms with Gasteiger partial charge in [-0.25, -0.2) is 12.8 Å². The Bertz CT molecular complexity index is 835. The van der Waals surface area contributed by atoms with Gasteiger partial charge in [-0.1, -0.05) is 35.9 Å². The molecule has 0 amide bonds. The molecular weight excluding hydrogens is 339 g/mol. The number of halogens is 1. The van der Waals surface area contributed by atoms with Crippen molar-refractivity contribution in [2.75, 3.05) is 27.2 Å². The summed E-state index contributed by atoms with van der Waals surface area (Å²) in [7, 11) is 0.0409. The standard InChI is InChI=1S/C19H25FN2O2S/c1-15-9-10-19(16(2)13-15)25(23,24)22(12-11-21(3)4)14-17-7-5-6-8-18(17)20/h5-10,13H,11-12,14H2,1-4H3. The van der Waals surface area contributed by atoms with Crippen molar-refractivity contribution in [2.24, 2.45) is 0 Å². The first-order valence-corrected chi connectivity index (χ1v) is 9.61. The lowest BCUT2D eigenvalue weighted by atomic mass is 10.2. The normalized spacial score (nSPS) is 12.1. The summed E-state index contributed by atoms with van der Waals surface area (Å²) in [5.41, 5.74) is 2.07. The highest BCUT2D eigenvalue weighted by atomic mass is 32.2. The second kappa shape index (κ2) is 8.08. The Balaban J connectivity index is 2.41. The lowest BCUT2D eigenvalue weighted by molar-refractivity contribution is 0.326. The maximum atomic E-state index is 14.0. The maximum Gasteiger partial charge on any atom is 0.243 e. The fourth-order valence-electron chi connectivity index (χ4n) is 2.64. The first-order chi connectivity index (χ1) is 11.7. The SMILES string of the molecule is Cc1ccc(S(=O)(=O)N(CCN(C)C)Cc2ccccc2F)c(C)c1. The topological polar surface area (TPSA) is 40.6 Å². The molecule has 0 atom stereocenters. The molecule has 6 heteroatoms. The van der Waals surface area contributed by atoms with Gasteiger partial charge in [0.05, 0.1) is 4.90 Å². The second-order valence-electron chi connectivity index (χ2n) is 6.50. The van der Waals surface area contributed by atoms with E-state index in [9.17, 15) is 12.8 Å². The Morgan fingerprint density at radius 1 is 1.00 bits per heavy atom. The number of hydrogen-bond acceptors (Lipinski definition) is 3. The molecule has 0 saturated heterocycles. The van der Waals surface area contributed by atoms with E-state index in [0.717, 1.165) is 5.56 Å². The molecule has 0 aromatic heterocycles. The fourth-order valence-corrected chi connectivity index (χ4v) is 4.26. The molecule has 0 radical (unpaired) electrons. The molecule has 2 rings (SSSR count). The summed E-state index contributed by atoms with van der Waals surface area (Å²) in [6.07, 6.45) is 0. The molecule has 2 aromatic rings. The quantitative estimate of drug-likeness (QED) is 0.758. The van der Waals surface area contributed by atoms with Crippen LogP contribution in [-0.2, 0) is 16.6 Å². The van der Waals surface area contributed by atoms with Gasteiger partial charge in [-0.2, -0.15) is 4.31 Å². The van der Waals surface area contributed by atoms with Gasteiger partial charge in [0.15, 0.2) is 0 Å². The molecule has 25 heavy (non-hydrogen) atoms. The molecule has 136 valence electrons. The molecule has 2 aromatic carbocycles. The molecule has 0 aliphatic carbocycles. The monoisotopic (exact) mass is 364 g/mol. The number of hydrogen-bond donors (Lipinski definition) is 0. The van der Waals surface area contributed by atoms with Gasteiger partial charge in [-0.3, -0.25) is 0 Å². The van der Waals surface area contributed by atoms with E-state index in [1.807, 2.05) is 32.0 Å². The first-order valence-electron chi connectivity index (χ1n) is 8.17. The molecule has 0 unspecified atom stereocenters. The molecule has 0 spiro atoms. The zero-order valence-electron chi connectivity index (χ0n) is 15.2. The summed E-state index contributed by atoms with van der Waals surface area (Å²) in [5.74, 6) is -0.395. The van der Waals surface area contributed by atoms with Gasteiger partial charge in [-0.15, -0.1) is 0 Å². The van der Waals surface area contributed by atoms with Crippen LogP contribution in [0, 0.1) is 19.7 Å². The largest absolute Gasteiger partial charge is 0.308 e. The average molecular weight is 364 g/mol. The number of aryl methyl sites for hydroxylation is 2. The predicted molar refractivity (Wildman–Crippen MR) is 98.5 cm³/mol. The molecule has 0 N–H and O–H groups in total. The van der Waals surface area contributed by atoms with Crippen molar-refractivity contribution >= 4 is 10.0 Å². The van der Waals surface area contributed by atoms with Crippen LogP contribution in [0.25, 0.3) is 0 Å². The molecule has 0 aliphatic rings. The van der Waals surface area contributed by atoms with E-state index in [1.165, 1.54) is 10.4 Å². The summed E-state index contributed by atoms with van der Waals surface area (Å²) in [4.78, 5) is 2.18. The Morgan fingerprint density at radius 3 is 2.28 bits per heavy atom. The van der Waals surface area contributed by atoms with Crippen LogP contribution in [0.5, 0.6) is 0 Å². The fraction of sp³-hybridized carbons (Fsp3) is 0.368. The van der Waals surface area contributed by atoms with Gasteiger partial charge in [0.1, 0.15) is 5.82 Å². The van der Waals surface area contributed by atoms with Crippen LogP contribution in [0.2, 0.25) is 0 Å². The zero-order valence-corrected chi connectivity index (χ0v) is 16.0. The summed E-state index contributed by atoms with van der Waals surface area (Å²) in [6.45, 7) is 4.56. The minimum absolute atomic E-state index is 0.0101. The highest BCUT2D eigenvalue weighted by Crippen LogP contribution is 2.23. The van der Waals surface area contributed by atoms with Gasteiger partial charge >= 0.3 is 0 Å². The van der Waals surface area contributed by atoms with Gasteiger partial charge < -0.3 is 4.90 Å². The van der Waals surface area contributed by atoms with Crippen molar-refractivity contribution in [3.63, 3.8) is 0 Å². The lowest BCUT2D eigenvalue weighted by Crippen LogP contribution is -2.36. The molecular formula is C19H25FN2O2S. The molecule has 0 fully saturated rings. The summed E-state index contributed by atoms with van der Waals surface area (Å²) in [6, 6.07) is 11.5. The van der Waals surface area contributed by atoms with E-state index < -0.39 is 15.8 Å². The average Bonchev–Trinajstić information content (AvgIpc) is 2.52. The Kier molecular flexibility index (Phi) is 6.32. The van der Waals surface area contributed by atoms with Crippen LogP contribution in [-0.4, -0.2) is 44.8 Å². The van der Waals surface area contributed by atoms with Crippen molar-refractivity contribution in [2.45, 2.75) is 25.3 Å². The van der Waals surface area contributed by atoms with E-state index in [-0.39, 0.29) is 18.0 Å². The number of nitrogens with zero attached hydrogens (tertiary/aromatic N) is 2. The molecule has 4 nitrogen and oxygen atoms in total. The van der Waals surface area contributed by atoms with Crippen molar-refractivity contribution < 1.29 is 12.8 Å². The van der Waals surface area contributed by atoms with Gasteiger partial charge in [0.25, 0.3) is 0 Å². The first kappa shape index (κ1) is 19.6. The lowest BCUT2D eigenvalue weighted by Gasteiger charge is -2.25. The van der Waals surface area contributed by atoms with Gasteiger partial charge in [0.2, 0.25) is 10.0 Å². The number of sulfonamides is 1. The van der Waals surface area contributed by atoms with Crippen molar-refractivity contribution in [1.82, 2.24) is 9.21 Å². The summed E-state index contributed by atoms with van der Waals surface area (Å²) < 4.78 is 41.7. The van der Waals surface area contributed by atoms with Crippen LogP contribution in [0.3, 0.4) is 0 Å². The zero-order chi connectivity index (χ0) is 18.6. The highest BCUT2D eigenvalue weighted by molar-refractivity contribution is 7.89. The smallest absolute Gasteiger partial charge is 0.243 e. The third-order valence-corrected chi connectivity index (χ3v) is 6.05. The Morgan fingerprint density at radius 2 is 1.68 bits per heavy atom. The Labute approximate surface area is 149 Å².